The monoisotopic (exact) mass is 313 g/mol. The fourth-order valence-electron chi connectivity index (χ4n) is 2.17. The lowest BCUT2D eigenvalue weighted by Gasteiger charge is -2.19. The van der Waals surface area contributed by atoms with Gasteiger partial charge in [0.25, 0.3) is 5.91 Å². The molecular weight excluding hydrogens is 301 g/mol. The first kappa shape index (κ1) is 14.6. The highest BCUT2D eigenvalue weighted by Gasteiger charge is 2.23. The number of carbonyl (C=O) groups excluding carboxylic acids is 1. The Kier molecular flexibility index (Phi) is 3.68. The predicted octanol–water partition coefficient (Wildman–Crippen LogP) is 1.41. The van der Waals surface area contributed by atoms with E-state index in [0.29, 0.717) is 5.82 Å². The van der Waals surface area contributed by atoms with Gasteiger partial charge in [0.05, 0.1) is 0 Å². The summed E-state index contributed by atoms with van der Waals surface area (Å²) in [6.07, 6.45) is 0. The second-order valence-electron chi connectivity index (χ2n) is 4.94. The van der Waals surface area contributed by atoms with E-state index in [1.807, 2.05) is 6.07 Å². The zero-order chi connectivity index (χ0) is 16.4. The van der Waals surface area contributed by atoms with Crippen LogP contribution < -0.4 is 10.6 Å². The highest BCUT2D eigenvalue weighted by molar-refractivity contribution is 5.96. The van der Waals surface area contributed by atoms with Gasteiger partial charge in [0.1, 0.15) is 35.7 Å². The Hall–Kier alpha value is -3.34. The summed E-state index contributed by atoms with van der Waals surface area (Å²) < 4.78 is 14.2. The molecule has 3 rings (SSSR count). The first-order chi connectivity index (χ1) is 11.1. The Morgan fingerprint density at radius 2 is 2.22 bits per heavy atom. The Bertz CT molecular complexity index is 833. The molecule has 0 atom stereocenters. The normalized spacial score (nSPS) is 13.0. The zero-order valence-electron chi connectivity index (χ0n) is 11.9. The number of aliphatic hydroxyl groups excluding tert-OH is 1. The molecule has 1 aromatic carbocycles. The lowest BCUT2D eigenvalue weighted by molar-refractivity contribution is -0.117. The van der Waals surface area contributed by atoms with Crippen LogP contribution in [0.3, 0.4) is 0 Å². The molecule has 0 saturated carbocycles. The third-order valence-corrected chi connectivity index (χ3v) is 3.33. The van der Waals surface area contributed by atoms with E-state index in [0.717, 1.165) is 5.56 Å². The van der Waals surface area contributed by atoms with Crippen molar-refractivity contribution in [3.05, 3.63) is 58.9 Å². The van der Waals surface area contributed by atoms with Crippen LogP contribution in [0.15, 0.2) is 41.8 Å². The molecule has 0 fully saturated rings. The van der Waals surface area contributed by atoms with E-state index in [-0.39, 0.29) is 36.1 Å². The number of aliphatic hydroxyl groups is 1. The molecule has 7 nitrogen and oxygen atoms in total. The second kappa shape index (κ2) is 5.81. The smallest absolute Gasteiger partial charge is 0.271 e. The standard InChI is InChI=1S/C15H12FN5O2/c16-10-3-1-9(2-4-10)7-18-15(23)14-12(22)8-21-13(19-14)5-11(6-17)20-21/h1-5,19,22H,7-8H2,(H,18,23). The molecule has 0 spiro atoms. The van der Waals surface area contributed by atoms with E-state index in [9.17, 15) is 14.3 Å². The lowest BCUT2D eigenvalue weighted by Crippen LogP contribution is -2.32. The van der Waals surface area contributed by atoms with E-state index in [1.165, 1.54) is 22.9 Å². The van der Waals surface area contributed by atoms with Crippen LogP contribution in [0.25, 0.3) is 0 Å². The van der Waals surface area contributed by atoms with Crippen molar-refractivity contribution in [2.45, 2.75) is 13.1 Å². The number of rotatable bonds is 3. The van der Waals surface area contributed by atoms with Crippen LogP contribution in [0.2, 0.25) is 0 Å². The Labute approximate surface area is 130 Å². The number of hydrogen-bond acceptors (Lipinski definition) is 5. The fraction of sp³-hybridized carbons (Fsp3) is 0.133. The highest BCUT2D eigenvalue weighted by Crippen LogP contribution is 2.21. The van der Waals surface area contributed by atoms with Gasteiger partial charge in [0.15, 0.2) is 5.69 Å². The van der Waals surface area contributed by atoms with E-state index >= 15 is 0 Å². The van der Waals surface area contributed by atoms with Gasteiger partial charge in [0, 0.05) is 12.6 Å². The number of halogens is 1. The molecule has 1 aliphatic heterocycles. The molecule has 23 heavy (non-hydrogen) atoms. The van der Waals surface area contributed by atoms with Gasteiger partial charge >= 0.3 is 0 Å². The van der Waals surface area contributed by atoms with E-state index in [1.54, 1.807) is 12.1 Å². The Morgan fingerprint density at radius 1 is 1.48 bits per heavy atom. The van der Waals surface area contributed by atoms with Gasteiger partial charge in [0.2, 0.25) is 0 Å². The molecule has 1 amide bonds. The summed E-state index contributed by atoms with van der Waals surface area (Å²) in [5.41, 5.74) is 0.921. The lowest BCUT2D eigenvalue weighted by atomic mass is 10.2. The molecule has 1 aromatic heterocycles. The number of carbonyl (C=O) groups is 1. The quantitative estimate of drug-likeness (QED) is 0.795. The van der Waals surface area contributed by atoms with Crippen molar-refractivity contribution in [2.75, 3.05) is 5.32 Å². The number of nitriles is 1. The van der Waals surface area contributed by atoms with Gasteiger partial charge in [-0.05, 0) is 17.7 Å². The molecule has 2 heterocycles. The summed E-state index contributed by atoms with van der Waals surface area (Å²) in [6.45, 7) is 0.198. The number of hydrogen-bond donors (Lipinski definition) is 3. The number of anilines is 1. The molecule has 1 aliphatic rings. The SMILES string of the molecule is N#Cc1cc2n(n1)CC(O)=C(C(=O)NCc1ccc(F)cc1)N2. The largest absolute Gasteiger partial charge is 0.508 e. The summed E-state index contributed by atoms with van der Waals surface area (Å²) in [5.74, 6) is -0.582. The Balaban J connectivity index is 1.69. The van der Waals surface area contributed by atoms with E-state index < -0.39 is 5.91 Å². The molecule has 0 radical (unpaired) electrons. The molecule has 8 heteroatoms. The van der Waals surface area contributed by atoms with Crippen LogP contribution in [-0.2, 0) is 17.9 Å². The summed E-state index contributed by atoms with van der Waals surface area (Å²) >= 11 is 0. The number of aromatic nitrogens is 2. The number of amides is 1. The third kappa shape index (κ3) is 2.98. The van der Waals surface area contributed by atoms with Gasteiger partial charge in [-0.1, -0.05) is 12.1 Å². The summed E-state index contributed by atoms with van der Waals surface area (Å²) in [6, 6.07) is 9.11. The van der Waals surface area contributed by atoms with Crippen LogP contribution in [0.4, 0.5) is 10.2 Å². The van der Waals surface area contributed by atoms with Gasteiger partial charge < -0.3 is 15.7 Å². The second-order valence-corrected chi connectivity index (χ2v) is 4.94. The van der Waals surface area contributed by atoms with Crippen molar-refractivity contribution >= 4 is 11.7 Å². The molecule has 0 saturated heterocycles. The zero-order valence-corrected chi connectivity index (χ0v) is 11.9. The number of nitrogens with zero attached hydrogens (tertiary/aromatic N) is 3. The minimum absolute atomic E-state index is 0.00329. The maximum Gasteiger partial charge on any atom is 0.271 e. The number of allylic oxidation sites excluding steroid dienone is 1. The Morgan fingerprint density at radius 3 is 2.91 bits per heavy atom. The molecule has 0 unspecified atom stereocenters. The van der Waals surface area contributed by atoms with Gasteiger partial charge in [-0.3, -0.25) is 4.79 Å². The molecule has 0 bridgehead atoms. The van der Waals surface area contributed by atoms with Crippen molar-refractivity contribution in [3.63, 3.8) is 0 Å². The van der Waals surface area contributed by atoms with E-state index in [4.69, 9.17) is 5.26 Å². The predicted molar refractivity (Wildman–Crippen MR) is 78.5 cm³/mol. The number of fused-ring (bicyclic) bond motifs is 1. The minimum atomic E-state index is -0.502. The average Bonchev–Trinajstić information content (AvgIpc) is 2.95. The van der Waals surface area contributed by atoms with Gasteiger partial charge in [-0.2, -0.15) is 10.4 Å². The van der Waals surface area contributed by atoms with Crippen molar-refractivity contribution in [1.82, 2.24) is 15.1 Å². The molecule has 2 aromatic rings. The van der Waals surface area contributed by atoms with Crippen LogP contribution in [-0.4, -0.2) is 20.8 Å². The molecule has 0 aliphatic carbocycles. The van der Waals surface area contributed by atoms with Crippen molar-refractivity contribution in [1.29, 1.82) is 5.26 Å². The summed E-state index contributed by atoms with van der Waals surface area (Å²) in [5, 5.41) is 28.1. The van der Waals surface area contributed by atoms with Gasteiger partial charge in [-0.25, -0.2) is 9.07 Å². The van der Waals surface area contributed by atoms with Crippen LogP contribution in [0, 0.1) is 17.1 Å². The average molecular weight is 313 g/mol. The van der Waals surface area contributed by atoms with Crippen LogP contribution in [0.5, 0.6) is 0 Å². The maximum atomic E-state index is 12.8. The highest BCUT2D eigenvalue weighted by atomic mass is 19.1. The van der Waals surface area contributed by atoms with E-state index in [2.05, 4.69) is 15.7 Å². The van der Waals surface area contributed by atoms with Crippen LogP contribution in [0.1, 0.15) is 11.3 Å². The third-order valence-electron chi connectivity index (χ3n) is 3.33. The van der Waals surface area contributed by atoms with Crippen molar-refractivity contribution < 1.29 is 14.3 Å². The fourth-order valence-corrected chi connectivity index (χ4v) is 2.17. The molecule has 3 N–H and O–H groups in total. The minimum Gasteiger partial charge on any atom is -0.508 e. The number of benzene rings is 1. The number of nitrogens with one attached hydrogen (secondary N) is 2. The summed E-state index contributed by atoms with van der Waals surface area (Å²) in [7, 11) is 0. The maximum absolute atomic E-state index is 12.8. The topological polar surface area (TPSA) is 103 Å². The van der Waals surface area contributed by atoms with Crippen molar-refractivity contribution in [2.24, 2.45) is 0 Å². The van der Waals surface area contributed by atoms with Crippen LogP contribution >= 0.6 is 0 Å². The van der Waals surface area contributed by atoms with Crippen molar-refractivity contribution in [3.8, 4) is 6.07 Å². The first-order valence-electron chi connectivity index (χ1n) is 6.76. The molecular formula is C15H12FN5O2. The summed E-state index contributed by atoms with van der Waals surface area (Å²) in [4.78, 5) is 12.2. The van der Waals surface area contributed by atoms with Gasteiger partial charge in [-0.15, -0.1) is 0 Å². The first-order valence-corrected chi connectivity index (χ1v) is 6.76. The molecule has 116 valence electrons.